The summed E-state index contributed by atoms with van der Waals surface area (Å²) in [5.41, 5.74) is 3.76. The third-order valence-corrected chi connectivity index (χ3v) is 5.07. The Morgan fingerprint density at radius 2 is 0.923 bits per heavy atom. The molecule has 0 heterocycles. The summed E-state index contributed by atoms with van der Waals surface area (Å²) in [6.45, 7) is 3.58. The van der Waals surface area contributed by atoms with Gasteiger partial charge in [-0.3, -0.25) is 0 Å². The van der Waals surface area contributed by atoms with Crippen LogP contribution >= 0.6 is 0 Å². The van der Waals surface area contributed by atoms with E-state index in [-0.39, 0.29) is 0 Å². The normalized spacial score (nSPS) is 13.8. The van der Waals surface area contributed by atoms with E-state index in [1.807, 2.05) is 48.5 Å². The van der Waals surface area contributed by atoms with Gasteiger partial charge in [-0.25, -0.2) is 0 Å². The lowest BCUT2D eigenvalue weighted by Crippen LogP contribution is -2.02. The van der Waals surface area contributed by atoms with Gasteiger partial charge in [-0.2, -0.15) is 0 Å². The van der Waals surface area contributed by atoms with Crippen molar-refractivity contribution < 1.29 is 10.2 Å². The van der Waals surface area contributed by atoms with Gasteiger partial charge in [0.15, 0.2) is 0 Å². The van der Waals surface area contributed by atoms with Gasteiger partial charge in [-0.15, -0.1) is 0 Å². The molecule has 26 heavy (non-hydrogen) atoms. The fourth-order valence-electron chi connectivity index (χ4n) is 3.83. The number of aliphatic hydroxyl groups excluding tert-OH is 2. The lowest BCUT2D eigenvalue weighted by Gasteiger charge is -2.21. The van der Waals surface area contributed by atoms with Gasteiger partial charge in [-0.05, 0) is 57.6 Å². The summed E-state index contributed by atoms with van der Waals surface area (Å²) >= 11 is 0. The number of aliphatic hydroxyl groups is 2. The number of rotatable bonds is 3. The molecule has 0 aliphatic rings. The first kappa shape index (κ1) is 16.8. The molecule has 0 radical (unpaired) electrons. The third kappa shape index (κ3) is 2.68. The predicted octanol–water partition coefficient (Wildman–Crippen LogP) is 5.77. The van der Waals surface area contributed by atoms with Gasteiger partial charge in [0.1, 0.15) is 0 Å². The molecule has 2 unspecified atom stereocenters. The lowest BCUT2D eigenvalue weighted by atomic mass is 9.84. The first-order valence-electron chi connectivity index (χ1n) is 8.97. The van der Waals surface area contributed by atoms with Crippen molar-refractivity contribution in [2.75, 3.05) is 0 Å². The van der Waals surface area contributed by atoms with E-state index in [9.17, 15) is 10.2 Å². The average molecular weight is 342 g/mol. The van der Waals surface area contributed by atoms with Crippen LogP contribution in [0, 0.1) is 0 Å². The minimum absolute atomic E-state index is 0.601. The van der Waals surface area contributed by atoms with Crippen molar-refractivity contribution >= 4 is 21.5 Å². The van der Waals surface area contributed by atoms with E-state index in [0.717, 1.165) is 43.8 Å². The highest BCUT2D eigenvalue weighted by molar-refractivity contribution is 6.08. The smallest absolute Gasteiger partial charge is 0.0768 e. The molecule has 2 N–H and O–H groups in total. The Bertz CT molecular complexity index is 1000. The topological polar surface area (TPSA) is 40.5 Å². The van der Waals surface area contributed by atoms with Gasteiger partial charge in [0, 0.05) is 0 Å². The number of fused-ring (bicyclic) bond motifs is 2. The Morgan fingerprint density at radius 3 is 1.31 bits per heavy atom. The molecular weight excluding hydrogens is 320 g/mol. The van der Waals surface area contributed by atoms with Gasteiger partial charge >= 0.3 is 0 Å². The van der Waals surface area contributed by atoms with E-state index in [1.54, 1.807) is 13.8 Å². The van der Waals surface area contributed by atoms with E-state index in [0.29, 0.717) is 0 Å². The third-order valence-electron chi connectivity index (χ3n) is 5.07. The highest BCUT2D eigenvalue weighted by Crippen LogP contribution is 2.42. The zero-order valence-corrected chi connectivity index (χ0v) is 15.0. The molecule has 0 aliphatic heterocycles. The molecule has 0 saturated heterocycles. The zero-order valence-electron chi connectivity index (χ0n) is 15.0. The van der Waals surface area contributed by atoms with E-state index in [4.69, 9.17) is 0 Å². The molecule has 0 aliphatic carbocycles. The first-order valence-corrected chi connectivity index (χ1v) is 8.97. The van der Waals surface area contributed by atoms with Crippen LogP contribution in [-0.4, -0.2) is 10.2 Å². The SMILES string of the molecule is CC(O)c1ccc2ccccc2c1-c1c(C(C)O)ccc2ccccc12. The van der Waals surface area contributed by atoms with E-state index >= 15 is 0 Å². The summed E-state index contributed by atoms with van der Waals surface area (Å²) < 4.78 is 0. The minimum atomic E-state index is -0.601. The predicted molar refractivity (Wildman–Crippen MR) is 108 cm³/mol. The standard InChI is InChI=1S/C24H22O2/c1-15(25)19-13-11-17-7-3-5-9-21(17)23(19)24-20(16(2)26)14-12-18-8-4-6-10-22(18)24/h3-16,25-26H,1-2H3. The van der Waals surface area contributed by atoms with Crippen LogP contribution < -0.4 is 0 Å². The summed E-state index contributed by atoms with van der Waals surface area (Å²) in [7, 11) is 0. The summed E-state index contributed by atoms with van der Waals surface area (Å²) in [5.74, 6) is 0. The maximum absolute atomic E-state index is 10.5. The largest absolute Gasteiger partial charge is 0.389 e. The Labute approximate surface area is 153 Å². The maximum atomic E-state index is 10.5. The maximum Gasteiger partial charge on any atom is 0.0768 e. The molecule has 0 spiro atoms. The molecule has 0 bridgehead atoms. The van der Waals surface area contributed by atoms with E-state index in [1.165, 1.54) is 0 Å². The molecule has 0 aromatic heterocycles. The molecule has 4 aromatic carbocycles. The van der Waals surface area contributed by atoms with Gasteiger partial charge in [-0.1, -0.05) is 72.8 Å². The molecule has 2 atom stereocenters. The molecule has 2 heteroatoms. The second-order valence-corrected chi connectivity index (χ2v) is 6.85. The highest BCUT2D eigenvalue weighted by atomic mass is 16.3. The Balaban J connectivity index is 2.23. The van der Waals surface area contributed by atoms with Crippen molar-refractivity contribution in [3.63, 3.8) is 0 Å². The number of hydrogen-bond donors (Lipinski definition) is 2. The first-order chi connectivity index (χ1) is 12.6. The van der Waals surface area contributed by atoms with Gasteiger partial charge in [0.2, 0.25) is 0 Å². The van der Waals surface area contributed by atoms with Gasteiger partial charge < -0.3 is 10.2 Å². The second-order valence-electron chi connectivity index (χ2n) is 6.85. The quantitative estimate of drug-likeness (QED) is 0.496. The van der Waals surface area contributed by atoms with Crippen molar-refractivity contribution in [1.82, 2.24) is 0 Å². The van der Waals surface area contributed by atoms with Crippen LogP contribution in [0.3, 0.4) is 0 Å². The van der Waals surface area contributed by atoms with Gasteiger partial charge in [0.25, 0.3) is 0 Å². The Morgan fingerprint density at radius 1 is 0.538 bits per heavy atom. The van der Waals surface area contributed by atoms with Crippen molar-refractivity contribution in [2.45, 2.75) is 26.1 Å². The van der Waals surface area contributed by atoms with Crippen LogP contribution in [0.5, 0.6) is 0 Å². The fourth-order valence-corrected chi connectivity index (χ4v) is 3.83. The zero-order chi connectivity index (χ0) is 18.3. The lowest BCUT2D eigenvalue weighted by molar-refractivity contribution is 0.198. The molecule has 130 valence electrons. The molecule has 0 saturated carbocycles. The van der Waals surface area contributed by atoms with Crippen LogP contribution in [0.1, 0.15) is 37.2 Å². The molecular formula is C24H22O2. The summed E-state index contributed by atoms with van der Waals surface area (Å²) in [6.07, 6.45) is -1.20. The van der Waals surface area contributed by atoms with E-state index < -0.39 is 12.2 Å². The van der Waals surface area contributed by atoms with Crippen molar-refractivity contribution in [3.05, 3.63) is 83.9 Å². The monoisotopic (exact) mass is 342 g/mol. The molecule has 0 amide bonds. The van der Waals surface area contributed by atoms with Crippen LogP contribution in [0.4, 0.5) is 0 Å². The Hall–Kier alpha value is -2.68. The van der Waals surface area contributed by atoms with Crippen LogP contribution in [0.25, 0.3) is 32.7 Å². The molecule has 2 nitrogen and oxygen atoms in total. The fraction of sp³-hybridized carbons (Fsp3) is 0.167. The summed E-state index contributed by atoms with van der Waals surface area (Å²) in [5, 5.41) is 25.3. The highest BCUT2D eigenvalue weighted by Gasteiger charge is 2.20. The summed E-state index contributed by atoms with van der Waals surface area (Å²) in [4.78, 5) is 0. The number of benzene rings is 4. The van der Waals surface area contributed by atoms with Crippen molar-refractivity contribution in [1.29, 1.82) is 0 Å². The van der Waals surface area contributed by atoms with Crippen LogP contribution in [0.15, 0.2) is 72.8 Å². The molecule has 4 aromatic rings. The van der Waals surface area contributed by atoms with E-state index in [2.05, 4.69) is 24.3 Å². The Kier molecular flexibility index (Phi) is 4.23. The molecule has 4 rings (SSSR count). The van der Waals surface area contributed by atoms with Crippen molar-refractivity contribution in [3.8, 4) is 11.1 Å². The number of hydrogen-bond acceptors (Lipinski definition) is 2. The van der Waals surface area contributed by atoms with Crippen molar-refractivity contribution in [2.24, 2.45) is 0 Å². The average Bonchev–Trinajstić information content (AvgIpc) is 2.66. The van der Waals surface area contributed by atoms with Crippen LogP contribution in [0.2, 0.25) is 0 Å². The molecule has 0 fully saturated rings. The van der Waals surface area contributed by atoms with Gasteiger partial charge in [0.05, 0.1) is 12.2 Å². The summed E-state index contributed by atoms with van der Waals surface area (Å²) in [6, 6.07) is 24.5. The second kappa shape index (κ2) is 6.56. The van der Waals surface area contributed by atoms with Crippen LogP contribution in [-0.2, 0) is 0 Å². The minimum Gasteiger partial charge on any atom is -0.389 e.